The summed E-state index contributed by atoms with van der Waals surface area (Å²) in [6.45, 7) is 6.92. The molecule has 4 rings (SSSR count). The molecule has 0 radical (unpaired) electrons. The van der Waals surface area contributed by atoms with E-state index in [2.05, 4.69) is 10.2 Å². The highest BCUT2D eigenvalue weighted by molar-refractivity contribution is 7.98. The van der Waals surface area contributed by atoms with Gasteiger partial charge in [0.15, 0.2) is 0 Å². The number of allylic oxidation sites excluding steroid dienone is 2. The molecule has 1 fully saturated rings. The van der Waals surface area contributed by atoms with Crippen LogP contribution in [0.1, 0.15) is 30.9 Å². The molecule has 1 unspecified atom stereocenters. The third-order valence-electron chi connectivity index (χ3n) is 7.56. The molecule has 2 aliphatic heterocycles. The normalized spacial score (nSPS) is 17.6. The SMILES string of the molecule is CSCCOC(=O)C1=C(C)NC(C)=C(C(=O)OCCN2CCN(C(=O)/C=C/c3ccccc3)CC2)C1c1cccc(Cl)c1Cl. The van der Waals surface area contributed by atoms with Crippen molar-refractivity contribution in [2.24, 2.45) is 0 Å². The van der Waals surface area contributed by atoms with Gasteiger partial charge in [-0.05, 0) is 43.4 Å². The van der Waals surface area contributed by atoms with Gasteiger partial charge in [-0.2, -0.15) is 11.8 Å². The van der Waals surface area contributed by atoms with Gasteiger partial charge in [0.2, 0.25) is 5.91 Å². The Morgan fingerprint density at radius 1 is 0.909 bits per heavy atom. The summed E-state index contributed by atoms with van der Waals surface area (Å²) in [5.41, 5.74) is 3.19. The maximum atomic E-state index is 13.6. The average molecular weight is 659 g/mol. The van der Waals surface area contributed by atoms with Crippen molar-refractivity contribution < 1.29 is 23.9 Å². The fraction of sp³-hybridized carbons (Fsp3) is 0.364. The van der Waals surface area contributed by atoms with Crippen LogP contribution in [0.3, 0.4) is 0 Å². The van der Waals surface area contributed by atoms with E-state index in [1.54, 1.807) is 49.9 Å². The Bertz CT molecular complexity index is 1450. The van der Waals surface area contributed by atoms with Crippen LogP contribution in [-0.2, 0) is 23.9 Å². The molecule has 1 N–H and O–H groups in total. The van der Waals surface area contributed by atoms with Crippen molar-refractivity contribution in [3.8, 4) is 0 Å². The minimum atomic E-state index is -0.824. The average Bonchev–Trinajstić information content (AvgIpc) is 3.01. The zero-order valence-electron chi connectivity index (χ0n) is 25.1. The molecule has 1 amide bonds. The molecule has 0 aliphatic carbocycles. The Morgan fingerprint density at radius 3 is 2.18 bits per heavy atom. The van der Waals surface area contributed by atoms with Gasteiger partial charge in [0.25, 0.3) is 0 Å². The largest absolute Gasteiger partial charge is 0.461 e. The third-order valence-corrected chi connectivity index (χ3v) is 8.96. The molecule has 2 aromatic carbocycles. The number of amides is 1. The smallest absolute Gasteiger partial charge is 0.336 e. The Hall–Kier alpha value is -3.24. The second-order valence-corrected chi connectivity index (χ2v) is 12.2. The van der Waals surface area contributed by atoms with Gasteiger partial charge in [-0.25, -0.2) is 9.59 Å². The highest BCUT2D eigenvalue weighted by Gasteiger charge is 2.39. The number of esters is 2. The van der Waals surface area contributed by atoms with Crippen LogP contribution in [0.2, 0.25) is 10.0 Å². The van der Waals surface area contributed by atoms with Crippen LogP contribution < -0.4 is 5.32 Å². The number of ether oxygens (including phenoxy) is 2. The van der Waals surface area contributed by atoms with Crippen molar-refractivity contribution in [1.29, 1.82) is 0 Å². The van der Waals surface area contributed by atoms with E-state index in [-0.39, 0.29) is 35.3 Å². The summed E-state index contributed by atoms with van der Waals surface area (Å²) >= 11 is 14.6. The zero-order chi connectivity index (χ0) is 31.6. The van der Waals surface area contributed by atoms with Gasteiger partial charge in [-0.1, -0.05) is 65.7 Å². The third kappa shape index (κ3) is 8.47. The first-order valence-corrected chi connectivity index (χ1v) is 16.6. The van der Waals surface area contributed by atoms with Gasteiger partial charge in [-0.3, -0.25) is 9.69 Å². The summed E-state index contributed by atoms with van der Waals surface area (Å²) in [6.07, 6.45) is 5.35. The number of hydrogen-bond donors (Lipinski definition) is 1. The number of hydrogen-bond acceptors (Lipinski definition) is 8. The fourth-order valence-corrected chi connectivity index (χ4v) is 5.93. The Balaban J connectivity index is 1.40. The highest BCUT2D eigenvalue weighted by atomic mass is 35.5. The number of dihydropyridines is 1. The fourth-order valence-electron chi connectivity index (χ4n) is 5.26. The van der Waals surface area contributed by atoms with Crippen LogP contribution in [0.25, 0.3) is 6.08 Å². The van der Waals surface area contributed by atoms with E-state index in [0.717, 1.165) is 5.56 Å². The first-order chi connectivity index (χ1) is 21.2. The predicted octanol–water partition coefficient (Wildman–Crippen LogP) is 5.54. The molecule has 2 heterocycles. The second kappa shape index (κ2) is 16.2. The number of benzene rings is 2. The van der Waals surface area contributed by atoms with Crippen molar-refractivity contribution in [3.63, 3.8) is 0 Å². The van der Waals surface area contributed by atoms with Crippen molar-refractivity contribution >= 4 is 58.9 Å². The summed E-state index contributed by atoms with van der Waals surface area (Å²) in [4.78, 5) is 43.6. The maximum Gasteiger partial charge on any atom is 0.336 e. The number of carbonyl (C=O) groups excluding carboxylic acids is 3. The quantitative estimate of drug-likeness (QED) is 0.192. The van der Waals surface area contributed by atoms with Crippen LogP contribution in [0.4, 0.5) is 0 Å². The molecule has 234 valence electrons. The predicted molar refractivity (Wildman–Crippen MR) is 177 cm³/mol. The van der Waals surface area contributed by atoms with Crippen molar-refractivity contribution in [2.75, 3.05) is 57.9 Å². The van der Waals surface area contributed by atoms with Crippen LogP contribution in [0, 0.1) is 0 Å². The molecule has 2 aliphatic rings. The summed E-state index contributed by atoms with van der Waals surface area (Å²) < 4.78 is 11.3. The van der Waals surface area contributed by atoms with Crippen LogP contribution in [0.5, 0.6) is 0 Å². The first kappa shape index (κ1) is 33.6. The number of thioether (sulfide) groups is 1. The Morgan fingerprint density at radius 2 is 1.55 bits per heavy atom. The number of carbonyl (C=O) groups is 3. The molecule has 11 heteroatoms. The van der Waals surface area contributed by atoms with E-state index in [4.69, 9.17) is 32.7 Å². The Kier molecular flexibility index (Phi) is 12.4. The highest BCUT2D eigenvalue weighted by Crippen LogP contribution is 2.43. The summed E-state index contributed by atoms with van der Waals surface area (Å²) in [6, 6.07) is 14.8. The molecule has 0 bridgehead atoms. The minimum Gasteiger partial charge on any atom is -0.461 e. The number of nitrogens with zero attached hydrogens (tertiary/aromatic N) is 2. The molecular weight excluding hydrogens is 621 g/mol. The Labute approximate surface area is 273 Å². The van der Waals surface area contributed by atoms with Gasteiger partial charge in [0.05, 0.1) is 27.1 Å². The molecule has 44 heavy (non-hydrogen) atoms. The van der Waals surface area contributed by atoms with Crippen molar-refractivity contribution in [2.45, 2.75) is 19.8 Å². The zero-order valence-corrected chi connectivity index (χ0v) is 27.4. The van der Waals surface area contributed by atoms with Gasteiger partial charge in [0.1, 0.15) is 13.2 Å². The van der Waals surface area contributed by atoms with E-state index in [1.807, 2.05) is 47.6 Å². The monoisotopic (exact) mass is 657 g/mol. The van der Waals surface area contributed by atoms with E-state index < -0.39 is 17.9 Å². The van der Waals surface area contributed by atoms with Gasteiger partial charge in [0, 0.05) is 55.9 Å². The topological polar surface area (TPSA) is 88.2 Å². The second-order valence-electron chi connectivity index (χ2n) is 10.5. The summed E-state index contributed by atoms with van der Waals surface area (Å²) in [7, 11) is 0. The number of piperazine rings is 1. The molecule has 8 nitrogen and oxygen atoms in total. The first-order valence-electron chi connectivity index (χ1n) is 14.4. The van der Waals surface area contributed by atoms with Gasteiger partial charge in [-0.15, -0.1) is 0 Å². The van der Waals surface area contributed by atoms with Crippen molar-refractivity contribution in [1.82, 2.24) is 15.1 Å². The lowest BCUT2D eigenvalue weighted by molar-refractivity contribution is -0.140. The summed E-state index contributed by atoms with van der Waals surface area (Å²) in [5, 5.41) is 3.74. The standard InChI is InChI=1S/C33H37Cl2N3O5S/c1-22-28(30(25-10-7-11-26(34)31(25)35)29(23(2)36-22)33(41)43-20-21-44-3)32(40)42-19-18-37-14-16-38(17-15-37)27(39)13-12-24-8-5-4-6-9-24/h4-13,30,36H,14-21H2,1-3H3/b13-12+. The lowest BCUT2D eigenvalue weighted by Crippen LogP contribution is -2.49. The van der Waals surface area contributed by atoms with E-state index in [0.29, 0.717) is 60.5 Å². The van der Waals surface area contributed by atoms with Gasteiger partial charge < -0.3 is 19.7 Å². The minimum absolute atomic E-state index is 0.0241. The van der Waals surface area contributed by atoms with Crippen LogP contribution >= 0.6 is 35.0 Å². The number of rotatable bonds is 11. The lowest BCUT2D eigenvalue weighted by atomic mass is 9.80. The molecule has 0 aromatic heterocycles. The molecule has 1 atom stereocenters. The lowest BCUT2D eigenvalue weighted by Gasteiger charge is -2.34. The molecular formula is C33H37Cl2N3O5S. The van der Waals surface area contributed by atoms with Crippen LogP contribution in [-0.4, -0.2) is 85.6 Å². The van der Waals surface area contributed by atoms with E-state index >= 15 is 0 Å². The number of halogens is 2. The molecule has 0 saturated carbocycles. The molecule has 1 saturated heterocycles. The maximum absolute atomic E-state index is 13.6. The van der Waals surface area contributed by atoms with E-state index in [9.17, 15) is 14.4 Å². The molecule has 2 aromatic rings. The van der Waals surface area contributed by atoms with E-state index in [1.165, 1.54) is 0 Å². The van der Waals surface area contributed by atoms with Crippen LogP contribution in [0.15, 0.2) is 77.1 Å². The van der Waals surface area contributed by atoms with Crippen molar-refractivity contribution in [3.05, 3.63) is 98.3 Å². The van der Waals surface area contributed by atoms with Gasteiger partial charge >= 0.3 is 11.9 Å². The number of nitrogens with one attached hydrogen (secondary N) is 1. The molecule has 0 spiro atoms. The summed E-state index contributed by atoms with van der Waals surface area (Å²) in [5.74, 6) is -1.30.